The van der Waals surface area contributed by atoms with Crippen LogP contribution >= 0.6 is 22.6 Å². The van der Waals surface area contributed by atoms with Crippen LogP contribution < -0.4 is 11.1 Å². The maximum Gasteiger partial charge on any atom is 0.320 e. The molecule has 0 saturated carbocycles. The Morgan fingerprint density at radius 3 is 2.94 bits per heavy atom. The maximum absolute atomic E-state index is 5.41. The van der Waals surface area contributed by atoms with Crippen LogP contribution in [0.25, 0.3) is 0 Å². The van der Waals surface area contributed by atoms with E-state index in [-0.39, 0.29) is 0 Å². The lowest BCUT2D eigenvalue weighted by Gasteiger charge is -2.03. The zero-order valence-electron chi connectivity index (χ0n) is 9.40. The van der Waals surface area contributed by atoms with Gasteiger partial charge in [0.25, 0.3) is 0 Å². The number of hydrogen-bond donors (Lipinski definition) is 2. The molecule has 0 aliphatic carbocycles. The van der Waals surface area contributed by atoms with Gasteiger partial charge in [-0.1, -0.05) is 11.2 Å². The van der Waals surface area contributed by atoms with Gasteiger partial charge in [-0.25, -0.2) is 0 Å². The average molecular weight is 344 g/mol. The molecule has 0 unspecified atom stereocenters. The molecule has 2 aromatic rings. The molecule has 3 N–H and O–H groups in total. The van der Waals surface area contributed by atoms with Crippen molar-refractivity contribution in [2.75, 3.05) is 11.9 Å². The van der Waals surface area contributed by atoms with E-state index in [4.69, 9.17) is 10.2 Å². The van der Waals surface area contributed by atoms with E-state index in [1.165, 1.54) is 9.13 Å². The van der Waals surface area contributed by atoms with Gasteiger partial charge in [0.1, 0.15) is 0 Å². The Bertz CT molecular complexity index is 512. The second kappa shape index (κ2) is 5.46. The molecular weight excluding hydrogens is 331 g/mol. The van der Waals surface area contributed by atoms with Crippen molar-refractivity contribution in [3.63, 3.8) is 0 Å². The Morgan fingerprint density at radius 1 is 1.41 bits per heavy atom. The molecular formula is C11H13IN4O. The first kappa shape index (κ1) is 12.3. The third kappa shape index (κ3) is 3.16. The molecule has 1 heterocycles. The second-order valence-electron chi connectivity index (χ2n) is 3.63. The van der Waals surface area contributed by atoms with Crippen LogP contribution in [0.5, 0.6) is 0 Å². The molecule has 17 heavy (non-hydrogen) atoms. The summed E-state index contributed by atoms with van der Waals surface area (Å²) in [4.78, 5) is 0. The van der Waals surface area contributed by atoms with E-state index in [9.17, 15) is 0 Å². The summed E-state index contributed by atoms with van der Waals surface area (Å²) in [7, 11) is 0. The lowest BCUT2D eigenvalue weighted by atomic mass is 10.2. The smallest absolute Gasteiger partial charge is 0.320 e. The van der Waals surface area contributed by atoms with E-state index >= 15 is 0 Å². The van der Waals surface area contributed by atoms with Crippen LogP contribution in [0.15, 0.2) is 22.6 Å². The highest BCUT2D eigenvalue weighted by molar-refractivity contribution is 14.1. The Balaban J connectivity index is 2.11. The standard InChI is InChI=1S/C11H13IN4O/c1-7-2-3-8(6-9(7)12)14-11-16-15-10(17-11)4-5-13/h2-3,6H,4-5,13H2,1H3,(H,14,16). The van der Waals surface area contributed by atoms with Crippen molar-refractivity contribution >= 4 is 34.3 Å². The molecule has 90 valence electrons. The predicted molar refractivity (Wildman–Crippen MR) is 74.2 cm³/mol. The highest BCUT2D eigenvalue weighted by atomic mass is 127. The molecule has 0 fully saturated rings. The first-order valence-corrected chi connectivity index (χ1v) is 6.32. The topological polar surface area (TPSA) is 77.0 Å². The van der Waals surface area contributed by atoms with Gasteiger partial charge in [-0.2, -0.15) is 0 Å². The molecule has 0 amide bonds. The number of aryl methyl sites for hydroxylation is 1. The van der Waals surface area contributed by atoms with Crippen LogP contribution in [0.2, 0.25) is 0 Å². The van der Waals surface area contributed by atoms with Crippen molar-refractivity contribution in [3.8, 4) is 0 Å². The average Bonchev–Trinajstić information content (AvgIpc) is 2.72. The summed E-state index contributed by atoms with van der Waals surface area (Å²) in [5.74, 6) is 0.553. The minimum Gasteiger partial charge on any atom is -0.408 e. The van der Waals surface area contributed by atoms with Crippen LogP contribution in [0.4, 0.5) is 11.7 Å². The molecule has 0 spiro atoms. The minimum absolute atomic E-state index is 0.396. The van der Waals surface area contributed by atoms with E-state index in [0.717, 1.165) is 5.69 Å². The summed E-state index contributed by atoms with van der Waals surface area (Å²) in [5.41, 5.74) is 7.58. The van der Waals surface area contributed by atoms with Gasteiger partial charge in [0.15, 0.2) is 0 Å². The lowest BCUT2D eigenvalue weighted by molar-refractivity contribution is 0.510. The second-order valence-corrected chi connectivity index (χ2v) is 4.79. The van der Waals surface area contributed by atoms with Gasteiger partial charge in [0.05, 0.1) is 0 Å². The summed E-state index contributed by atoms with van der Waals surface area (Å²) < 4.78 is 6.57. The highest BCUT2D eigenvalue weighted by Gasteiger charge is 2.05. The van der Waals surface area contributed by atoms with Crippen molar-refractivity contribution < 1.29 is 4.42 Å². The van der Waals surface area contributed by atoms with Crippen LogP contribution in [0, 0.1) is 10.5 Å². The fraction of sp³-hybridized carbons (Fsp3) is 0.273. The van der Waals surface area contributed by atoms with Crippen molar-refractivity contribution in [2.45, 2.75) is 13.3 Å². The number of hydrogen-bond acceptors (Lipinski definition) is 5. The van der Waals surface area contributed by atoms with Gasteiger partial charge < -0.3 is 15.5 Å². The van der Waals surface area contributed by atoms with Gasteiger partial charge in [-0.3, -0.25) is 0 Å². The monoisotopic (exact) mass is 344 g/mol. The van der Waals surface area contributed by atoms with Gasteiger partial charge in [0, 0.05) is 22.2 Å². The van der Waals surface area contributed by atoms with Gasteiger partial charge >= 0.3 is 6.01 Å². The van der Waals surface area contributed by atoms with Gasteiger partial charge in [-0.05, 0) is 47.2 Å². The number of nitrogens with zero attached hydrogens (tertiary/aromatic N) is 2. The zero-order chi connectivity index (χ0) is 12.3. The first-order chi connectivity index (χ1) is 8.19. The van der Waals surface area contributed by atoms with Gasteiger partial charge in [-0.15, -0.1) is 5.10 Å². The molecule has 0 saturated heterocycles. The van der Waals surface area contributed by atoms with Crippen molar-refractivity contribution in [1.29, 1.82) is 0 Å². The SMILES string of the molecule is Cc1ccc(Nc2nnc(CCN)o2)cc1I. The fourth-order valence-electron chi connectivity index (χ4n) is 1.32. The molecule has 1 aromatic heterocycles. The highest BCUT2D eigenvalue weighted by Crippen LogP contribution is 2.20. The zero-order valence-corrected chi connectivity index (χ0v) is 11.6. The van der Waals surface area contributed by atoms with Crippen LogP contribution in [-0.2, 0) is 6.42 Å². The Labute approximate surface area is 113 Å². The van der Waals surface area contributed by atoms with Crippen LogP contribution in [0.1, 0.15) is 11.5 Å². The number of benzene rings is 1. The molecule has 0 aliphatic heterocycles. The molecule has 5 nitrogen and oxygen atoms in total. The number of nitrogens with two attached hydrogens (primary N) is 1. The van der Waals surface area contributed by atoms with Gasteiger partial charge in [0.2, 0.25) is 5.89 Å². The molecule has 0 aliphatic rings. The number of aromatic nitrogens is 2. The summed E-state index contributed by atoms with van der Waals surface area (Å²) in [5, 5.41) is 10.8. The van der Waals surface area contributed by atoms with E-state index in [1.807, 2.05) is 18.2 Å². The number of halogens is 1. The molecule has 0 atom stereocenters. The van der Waals surface area contributed by atoms with E-state index in [2.05, 4.69) is 45.0 Å². The normalized spacial score (nSPS) is 10.5. The predicted octanol–water partition coefficient (Wildman–Crippen LogP) is 2.23. The summed E-state index contributed by atoms with van der Waals surface area (Å²) >= 11 is 2.29. The Hall–Kier alpha value is -1.15. The first-order valence-electron chi connectivity index (χ1n) is 5.24. The van der Waals surface area contributed by atoms with Crippen molar-refractivity contribution in [3.05, 3.63) is 33.2 Å². The minimum atomic E-state index is 0.396. The van der Waals surface area contributed by atoms with Crippen LogP contribution in [-0.4, -0.2) is 16.7 Å². The Morgan fingerprint density at radius 2 is 2.24 bits per heavy atom. The summed E-state index contributed by atoms with van der Waals surface area (Å²) in [6, 6.07) is 6.45. The molecule has 2 rings (SSSR count). The lowest BCUT2D eigenvalue weighted by Crippen LogP contribution is -2.02. The van der Waals surface area contributed by atoms with E-state index < -0.39 is 0 Å². The quantitative estimate of drug-likeness (QED) is 0.832. The molecule has 0 radical (unpaired) electrons. The molecule has 0 bridgehead atoms. The molecule has 6 heteroatoms. The summed E-state index contributed by atoms with van der Waals surface area (Å²) in [6.07, 6.45) is 0.597. The number of rotatable bonds is 4. The van der Waals surface area contributed by atoms with Crippen LogP contribution in [0.3, 0.4) is 0 Å². The third-order valence-corrected chi connectivity index (χ3v) is 3.41. The fourth-order valence-corrected chi connectivity index (χ4v) is 1.84. The maximum atomic E-state index is 5.41. The number of nitrogens with one attached hydrogen (secondary N) is 1. The van der Waals surface area contributed by atoms with Crippen molar-refractivity contribution in [2.24, 2.45) is 5.73 Å². The number of anilines is 2. The van der Waals surface area contributed by atoms with Crippen molar-refractivity contribution in [1.82, 2.24) is 10.2 Å². The summed E-state index contributed by atoms with van der Waals surface area (Å²) in [6.45, 7) is 2.57. The van der Waals surface area contributed by atoms with E-state index in [1.54, 1.807) is 0 Å². The van der Waals surface area contributed by atoms with E-state index in [0.29, 0.717) is 24.9 Å². The third-order valence-electron chi connectivity index (χ3n) is 2.25. The largest absolute Gasteiger partial charge is 0.408 e. The Kier molecular flexibility index (Phi) is 3.95. The molecule has 1 aromatic carbocycles.